The molecule has 0 aliphatic heterocycles. The van der Waals surface area contributed by atoms with E-state index in [0.29, 0.717) is 0 Å². The fourth-order valence-electron chi connectivity index (χ4n) is 1.88. The molecule has 0 radical (unpaired) electrons. The van der Waals surface area contributed by atoms with Crippen molar-refractivity contribution >= 4 is 29.8 Å². The summed E-state index contributed by atoms with van der Waals surface area (Å²) in [5.41, 5.74) is 2.94. The Kier molecular flexibility index (Phi) is 3.71. The number of phenolic OH excluding ortho intramolecular Hbond substituents is 1. The van der Waals surface area contributed by atoms with Crippen molar-refractivity contribution in [2.24, 2.45) is 0 Å². The molecule has 0 aliphatic rings. The summed E-state index contributed by atoms with van der Waals surface area (Å²) < 4.78 is 0. The summed E-state index contributed by atoms with van der Waals surface area (Å²) >= 11 is 0. The second-order valence-electron chi connectivity index (χ2n) is 3.94. The number of nitrogens with zero attached hydrogens (tertiary/aromatic N) is 1. The van der Waals surface area contributed by atoms with Gasteiger partial charge in [0.2, 0.25) is 0 Å². The van der Waals surface area contributed by atoms with Gasteiger partial charge in [-0.25, -0.2) is 4.98 Å². The van der Waals surface area contributed by atoms with E-state index in [0.717, 1.165) is 22.2 Å². The van der Waals surface area contributed by atoms with Gasteiger partial charge in [0, 0.05) is 10.9 Å². The third-order valence-corrected chi connectivity index (χ3v) is 2.74. The Labute approximate surface area is 117 Å². The molecule has 0 atom stereocenters. The molecule has 0 amide bonds. The molecule has 0 aliphatic carbocycles. The van der Waals surface area contributed by atoms with E-state index in [1.165, 1.54) is 0 Å². The number of aromatic nitrogens is 1. The van der Waals surface area contributed by atoms with E-state index in [2.05, 4.69) is 4.98 Å². The first-order valence-electron chi connectivity index (χ1n) is 5.48. The number of phenols is 1. The van der Waals surface area contributed by atoms with Crippen molar-refractivity contribution in [3.63, 3.8) is 0 Å². The monoisotopic (exact) mass is 229 g/mol. The predicted molar refractivity (Wildman–Crippen MR) is 76.0 cm³/mol. The van der Waals surface area contributed by atoms with Crippen LogP contribution in [-0.2, 0) is 0 Å². The van der Waals surface area contributed by atoms with Gasteiger partial charge >= 0.3 is 18.9 Å². The van der Waals surface area contributed by atoms with Crippen molar-refractivity contribution < 1.29 is 5.11 Å². The summed E-state index contributed by atoms with van der Waals surface area (Å²) in [4.78, 5) is 4.58. The molecule has 1 heterocycles. The van der Waals surface area contributed by atoms with E-state index in [1.807, 2.05) is 48.5 Å². The van der Waals surface area contributed by atoms with E-state index in [9.17, 15) is 5.11 Å². The summed E-state index contributed by atoms with van der Waals surface area (Å²) in [7, 11) is 0. The van der Waals surface area contributed by atoms with Gasteiger partial charge in [-0.05, 0) is 24.3 Å². The second kappa shape index (κ2) is 5.26. The first-order valence-corrected chi connectivity index (χ1v) is 5.48. The molecule has 0 saturated heterocycles. The van der Waals surface area contributed by atoms with Crippen LogP contribution in [0.2, 0.25) is 0 Å². The standard InChI is InChI=1S/C15H11NO.Li.H/c17-13-7-9-15-12(10-13)6-8-14(16-15)11-4-2-1-3-5-11;;/h1-10,17H;;. The number of fused-ring (bicyclic) bond motifs is 1. The molecule has 3 rings (SSSR count). The van der Waals surface area contributed by atoms with Crippen LogP contribution >= 0.6 is 0 Å². The Morgan fingerprint density at radius 3 is 2.39 bits per heavy atom. The summed E-state index contributed by atoms with van der Waals surface area (Å²) in [6.45, 7) is 0. The van der Waals surface area contributed by atoms with Crippen molar-refractivity contribution in [3.8, 4) is 17.0 Å². The normalized spacial score (nSPS) is 10.0. The molecule has 0 fully saturated rings. The number of hydrogen-bond donors (Lipinski definition) is 1. The molecule has 1 aromatic heterocycles. The molecule has 84 valence electrons. The predicted octanol–water partition coefficient (Wildman–Crippen LogP) is 2.96. The van der Waals surface area contributed by atoms with Crippen LogP contribution in [0.15, 0.2) is 60.7 Å². The maximum atomic E-state index is 9.39. The Bertz CT molecular complexity index is 668. The summed E-state index contributed by atoms with van der Waals surface area (Å²) in [5.74, 6) is 0.270. The number of aromatic hydroxyl groups is 1. The molecule has 3 heteroatoms. The maximum absolute atomic E-state index is 9.39. The summed E-state index contributed by atoms with van der Waals surface area (Å²) in [5, 5.41) is 10.3. The van der Waals surface area contributed by atoms with Gasteiger partial charge in [-0.15, -0.1) is 0 Å². The average molecular weight is 229 g/mol. The zero-order valence-electron chi connectivity index (χ0n) is 9.17. The van der Waals surface area contributed by atoms with Crippen LogP contribution in [0.1, 0.15) is 0 Å². The van der Waals surface area contributed by atoms with Crippen molar-refractivity contribution in [1.29, 1.82) is 0 Å². The van der Waals surface area contributed by atoms with E-state index >= 15 is 0 Å². The average Bonchev–Trinajstić information content (AvgIpc) is 2.39. The van der Waals surface area contributed by atoms with E-state index in [4.69, 9.17) is 0 Å². The van der Waals surface area contributed by atoms with Crippen LogP contribution in [0, 0.1) is 0 Å². The molecule has 0 saturated carbocycles. The van der Waals surface area contributed by atoms with Gasteiger partial charge in [-0.3, -0.25) is 0 Å². The Hall–Kier alpha value is -1.75. The van der Waals surface area contributed by atoms with Crippen LogP contribution < -0.4 is 0 Å². The third-order valence-electron chi connectivity index (χ3n) is 2.74. The molecular weight excluding hydrogens is 217 g/mol. The minimum absolute atomic E-state index is 0. The van der Waals surface area contributed by atoms with Gasteiger partial charge in [0.1, 0.15) is 5.75 Å². The first kappa shape index (κ1) is 12.7. The van der Waals surface area contributed by atoms with Crippen LogP contribution in [0.3, 0.4) is 0 Å². The zero-order chi connectivity index (χ0) is 11.7. The fourth-order valence-corrected chi connectivity index (χ4v) is 1.88. The number of rotatable bonds is 1. The first-order chi connectivity index (χ1) is 8.33. The minimum atomic E-state index is 0. The molecule has 2 nitrogen and oxygen atoms in total. The van der Waals surface area contributed by atoms with Crippen LogP contribution in [-0.4, -0.2) is 29.0 Å². The van der Waals surface area contributed by atoms with Gasteiger partial charge in [0.05, 0.1) is 11.2 Å². The van der Waals surface area contributed by atoms with Gasteiger partial charge in [-0.1, -0.05) is 36.4 Å². The number of pyridine rings is 1. The SMILES string of the molecule is Oc1ccc2nc(-c3ccccc3)ccc2c1.[LiH]. The van der Waals surface area contributed by atoms with E-state index in [1.54, 1.807) is 12.1 Å². The van der Waals surface area contributed by atoms with Gasteiger partial charge in [0.15, 0.2) is 0 Å². The molecule has 0 spiro atoms. The number of benzene rings is 2. The summed E-state index contributed by atoms with van der Waals surface area (Å²) in [6.07, 6.45) is 0. The van der Waals surface area contributed by atoms with Crippen LogP contribution in [0.4, 0.5) is 0 Å². The molecule has 3 aromatic rings. The second-order valence-corrected chi connectivity index (χ2v) is 3.94. The van der Waals surface area contributed by atoms with Crippen LogP contribution in [0.5, 0.6) is 5.75 Å². The Morgan fingerprint density at radius 2 is 1.61 bits per heavy atom. The molecule has 2 aromatic carbocycles. The summed E-state index contributed by atoms with van der Waals surface area (Å²) in [6, 6.07) is 19.2. The molecule has 18 heavy (non-hydrogen) atoms. The van der Waals surface area contributed by atoms with Crippen molar-refractivity contribution in [2.75, 3.05) is 0 Å². The molecule has 0 unspecified atom stereocenters. The van der Waals surface area contributed by atoms with Crippen molar-refractivity contribution in [3.05, 3.63) is 60.7 Å². The van der Waals surface area contributed by atoms with E-state index < -0.39 is 0 Å². The van der Waals surface area contributed by atoms with E-state index in [-0.39, 0.29) is 24.6 Å². The van der Waals surface area contributed by atoms with Gasteiger partial charge in [0.25, 0.3) is 0 Å². The Balaban J connectivity index is 0.00000120. The third kappa shape index (κ3) is 2.40. The molecule has 0 bridgehead atoms. The van der Waals surface area contributed by atoms with Crippen molar-refractivity contribution in [2.45, 2.75) is 0 Å². The molecule has 1 N–H and O–H groups in total. The van der Waals surface area contributed by atoms with Gasteiger partial charge < -0.3 is 5.11 Å². The topological polar surface area (TPSA) is 33.1 Å². The van der Waals surface area contributed by atoms with Crippen LogP contribution in [0.25, 0.3) is 22.2 Å². The van der Waals surface area contributed by atoms with Crippen molar-refractivity contribution in [1.82, 2.24) is 4.98 Å². The zero-order valence-corrected chi connectivity index (χ0v) is 9.17. The quantitative estimate of drug-likeness (QED) is 0.651. The molecular formula is C15H12LiNO. The van der Waals surface area contributed by atoms with Gasteiger partial charge in [-0.2, -0.15) is 0 Å². The fraction of sp³-hybridized carbons (Fsp3) is 0. The Morgan fingerprint density at radius 1 is 0.833 bits per heavy atom. The number of hydrogen-bond acceptors (Lipinski definition) is 2.